The van der Waals surface area contributed by atoms with E-state index >= 15 is 0 Å². The molecule has 7 heteroatoms. The molecule has 5 rings (SSSR count). The topological polar surface area (TPSA) is 45.8 Å². The molecule has 4 heterocycles. The first-order chi connectivity index (χ1) is 15.1. The molecule has 0 bridgehead atoms. The number of hydrogen-bond acceptors (Lipinski definition) is 5. The third-order valence-electron chi connectivity index (χ3n) is 5.77. The average molecular weight is 450 g/mol. The first kappa shape index (κ1) is 20.2. The van der Waals surface area contributed by atoms with Gasteiger partial charge in [0.2, 0.25) is 0 Å². The summed E-state index contributed by atoms with van der Waals surface area (Å²) in [6.07, 6.45) is 7.47. The van der Waals surface area contributed by atoms with E-state index in [1.807, 2.05) is 24.3 Å². The maximum absolute atomic E-state index is 6.04. The number of imidazole rings is 1. The third kappa shape index (κ3) is 3.86. The molecule has 0 spiro atoms. The van der Waals surface area contributed by atoms with E-state index in [4.69, 9.17) is 21.6 Å². The SMILES string of the molecule is CCc1nc2ccc(C3C=NCCC3)cn2c1N(C)c1nc(-c2ccc(Cl)cc2)cs1. The van der Waals surface area contributed by atoms with Crippen LogP contribution in [0, 0.1) is 0 Å². The number of benzene rings is 1. The lowest BCUT2D eigenvalue weighted by atomic mass is 9.95. The van der Waals surface area contributed by atoms with Gasteiger partial charge in [-0.1, -0.05) is 36.7 Å². The van der Waals surface area contributed by atoms with Crippen LogP contribution in [0.5, 0.6) is 0 Å². The van der Waals surface area contributed by atoms with Crippen LogP contribution in [0.25, 0.3) is 16.9 Å². The maximum atomic E-state index is 6.04. The van der Waals surface area contributed by atoms with E-state index in [0.29, 0.717) is 5.92 Å². The van der Waals surface area contributed by atoms with Crippen molar-refractivity contribution in [2.45, 2.75) is 32.1 Å². The smallest absolute Gasteiger partial charge is 0.191 e. The zero-order valence-corrected chi connectivity index (χ0v) is 19.2. The summed E-state index contributed by atoms with van der Waals surface area (Å²) in [5, 5.41) is 3.76. The summed E-state index contributed by atoms with van der Waals surface area (Å²) in [4.78, 5) is 16.4. The zero-order chi connectivity index (χ0) is 21.4. The second-order valence-electron chi connectivity index (χ2n) is 7.81. The normalized spacial score (nSPS) is 16.2. The van der Waals surface area contributed by atoms with E-state index in [1.54, 1.807) is 11.3 Å². The summed E-state index contributed by atoms with van der Waals surface area (Å²) in [5.74, 6) is 1.45. The van der Waals surface area contributed by atoms with Gasteiger partial charge in [-0.2, -0.15) is 0 Å². The van der Waals surface area contributed by atoms with E-state index in [-0.39, 0.29) is 0 Å². The molecule has 0 N–H and O–H groups in total. The van der Waals surface area contributed by atoms with Crippen LogP contribution in [-0.2, 0) is 6.42 Å². The number of aromatic nitrogens is 3. The van der Waals surface area contributed by atoms with Gasteiger partial charge in [-0.15, -0.1) is 11.3 Å². The van der Waals surface area contributed by atoms with E-state index in [1.165, 1.54) is 5.56 Å². The van der Waals surface area contributed by atoms with E-state index < -0.39 is 0 Å². The van der Waals surface area contributed by atoms with Gasteiger partial charge in [0.05, 0.1) is 11.4 Å². The molecule has 0 fully saturated rings. The molecule has 1 aromatic carbocycles. The number of pyridine rings is 1. The highest BCUT2D eigenvalue weighted by Gasteiger charge is 2.20. The van der Waals surface area contributed by atoms with Crippen LogP contribution < -0.4 is 4.90 Å². The quantitative estimate of drug-likeness (QED) is 0.354. The first-order valence-electron chi connectivity index (χ1n) is 10.6. The van der Waals surface area contributed by atoms with Gasteiger partial charge in [0.1, 0.15) is 11.5 Å². The van der Waals surface area contributed by atoms with Crippen LogP contribution in [0.1, 0.15) is 36.9 Å². The van der Waals surface area contributed by atoms with Crippen molar-refractivity contribution < 1.29 is 0 Å². The van der Waals surface area contributed by atoms with Gasteiger partial charge in [-0.05, 0) is 43.0 Å². The largest absolute Gasteiger partial charge is 0.305 e. The highest BCUT2D eigenvalue weighted by atomic mass is 35.5. The molecule has 1 unspecified atom stereocenters. The van der Waals surface area contributed by atoms with Crippen LogP contribution >= 0.6 is 22.9 Å². The second-order valence-corrected chi connectivity index (χ2v) is 9.08. The van der Waals surface area contributed by atoms with Crippen molar-refractivity contribution in [1.82, 2.24) is 14.4 Å². The Bertz CT molecular complexity index is 1240. The lowest BCUT2D eigenvalue weighted by Gasteiger charge is -2.19. The van der Waals surface area contributed by atoms with E-state index in [0.717, 1.165) is 64.4 Å². The van der Waals surface area contributed by atoms with Gasteiger partial charge < -0.3 is 4.90 Å². The fourth-order valence-corrected chi connectivity index (χ4v) is 5.03. The van der Waals surface area contributed by atoms with E-state index in [9.17, 15) is 0 Å². The Kier molecular flexibility index (Phi) is 5.50. The Labute approximate surface area is 191 Å². The molecule has 1 aliphatic heterocycles. The van der Waals surface area contributed by atoms with Crippen LogP contribution in [0.3, 0.4) is 0 Å². The Balaban J connectivity index is 1.54. The van der Waals surface area contributed by atoms with Gasteiger partial charge in [0.15, 0.2) is 5.13 Å². The van der Waals surface area contributed by atoms with Crippen molar-refractivity contribution in [3.63, 3.8) is 0 Å². The molecule has 31 heavy (non-hydrogen) atoms. The Morgan fingerprint density at radius 1 is 1.16 bits per heavy atom. The van der Waals surface area contributed by atoms with Gasteiger partial charge in [0.25, 0.3) is 0 Å². The summed E-state index contributed by atoms with van der Waals surface area (Å²) >= 11 is 7.67. The number of fused-ring (bicyclic) bond motifs is 1. The number of aliphatic imine (C=N–C) groups is 1. The zero-order valence-electron chi connectivity index (χ0n) is 17.6. The molecule has 0 aliphatic carbocycles. The highest BCUT2D eigenvalue weighted by Crippen LogP contribution is 2.34. The van der Waals surface area contributed by atoms with Gasteiger partial charge in [-0.3, -0.25) is 9.39 Å². The number of rotatable bonds is 5. The molecular weight excluding hydrogens is 426 g/mol. The molecular formula is C24H24ClN5S. The number of halogens is 1. The summed E-state index contributed by atoms with van der Waals surface area (Å²) in [5.41, 5.74) is 5.33. The minimum Gasteiger partial charge on any atom is -0.305 e. The van der Waals surface area contributed by atoms with Crippen LogP contribution in [0.2, 0.25) is 5.02 Å². The van der Waals surface area contributed by atoms with Crippen molar-refractivity contribution in [1.29, 1.82) is 0 Å². The number of thiazole rings is 1. The molecule has 5 nitrogen and oxygen atoms in total. The first-order valence-corrected chi connectivity index (χ1v) is 11.9. The lowest BCUT2D eigenvalue weighted by molar-refractivity contribution is 0.681. The highest BCUT2D eigenvalue weighted by molar-refractivity contribution is 7.14. The maximum Gasteiger partial charge on any atom is 0.191 e. The van der Waals surface area contributed by atoms with Crippen molar-refractivity contribution >= 4 is 45.7 Å². The molecule has 158 valence electrons. The van der Waals surface area contributed by atoms with E-state index in [2.05, 4.69) is 58.2 Å². The molecule has 0 saturated carbocycles. The summed E-state index contributed by atoms with van der Waals surface area (Å²) in [6.45, 7) is 3.09. The van der Waals surface area contributed by atoms with Crippen molar-refractivity contribution in [2.75, 3.05) is 18.5 Å². The van der Waals surface area contributed by atoms with Gasteiger partial charge in [-0.25, -0.2) is 9.97 Å². The molecule has 3 aromatic heterocycles. The van der Waals surface area contributed by atoms with Gasteiger partial charge >= 0.3 is 0 Å². The monoisotopic (exact) mass is 449 g/mol. The summed E-state index contributed by atoms with van der Waals surface area (Å²) < 4.78 is 2.21. The number of nitrogens with zero attached hydrogens (tertiary/aromatic N) is 5. The molecule has 4 aromatic rings. The second kappa shape index (κ2) is 8.44. The standard InChI is InChI=1S/C24H24ClN5S/c1-3-20-23(29(2)24-28-21(15-31-24)16-6-9-19(25)10-7-16)30-14-18(8-11-22(30)27-20)17-5-4-12-26-13-17/h6-11,13-15,17H,3-5,12H2,1-2H3. The molecule has 1 atom stereocenters. The predicted molar refractivity (Wildman–Crippen MR) is 131 cm³/mol. The van der Waals surface area contributed by atoms with Crippen molar-refractivity contribution in [3.05, 3.63) is 64.3 Å². The third-order valence-corrected chi connectivity index (χ3v) is 6.94. The Hall–Kier alpha value is -2.70. The number of aryl methyl sites for hydroxylation is 1. The fraction of sp³-hybridized carbons (Fsp3) is 0.292. The van der Waals surface area contributed by atoms with Gasteiger partial charge in [0, 0.05) is 47.9 Å². The molecule has 0 saturated heterocycles. The predicted octanol–water partition coefficient (Wildman–Crippen LogP) is 6.39. The summed E-state index contributed by atoms with van der Waals surface area (Å²) in [6, 6.07) is 12.1. The van der Waals surface area contributed by atoms with Crippen LogP contribution in [0.4, 0.5) is 10.9 Å². The minimum absolute atomic E-state index is 0.375. The summed E-state index contributed by atoms with van der Waals surface area (Å²) in [7, 11) is 2.07. The number of anilines is 2. The van der Waals surface area contributed by atoms with Crippen molar-refractivity contribution in [2.24, 2.45) is 4.99 Å². The average Bonchev–Trinajstić information content (AvgIpc) is 3.44. The Morgan fingerprint density at radius 3 is 2.74 bits per heavy atom. The number of hydrogen-bond donors (Lipinski definition) is 0. The van der Waals surface area contributed by atoms with Crippen molar-refractivity contribution in [3.8, 4) is 11.3 Å². The lowest BCUT2D eigenvalue weighted by Crippen LogP contribution is -2.14. The van der Waals surface area contributed by atoms with Crippen LogP contribution in [-0.4, -0.2) is 34.2 Å². The molecule has 0 radical (unpaired) electrons. The minimum atomic E-state index is 0.375. The Morgan fingerprint density at radius 2 is 2.00 bits per heavy atom. The molecule has 0 amide bonds. The fourth-order valence-electron chi connectivity index (χ4n) is 4.10. The molecule has 1 aliphatic rings. The van der Waals surface area contributed by atoms with Crippen LogP contribution in [0.15, 0.2) is 53.0 Å².